The highest BCUT2D eigenvalue weighted by atomic mass is 79.9. The number of aromatic nitrogens is 4. The van der Waals surface area contributed by atoms with Crippen LogP contribution in [0.4, 0.5) is 5.82 Å². The zero-order chi connectivity index (χ0) is 13.0. The predicted molar refractivity (Wildman–Crippen MR) is 74.3 cm³/mol. The fourth-order valence-corrected chi connectivity index (χ4v) is 2.07. The largest absolute Gasteiger partial charge is 0.364 e. The minimum atomic E-state index is 0.700. The molecule has 0 fully saturated rings. The van der Waals surface area contributed by atoms with Gasteiger partial charge in [-0.1, -0.05) is 6.92 Å². The molecule has 0 saturated heterocycles. The molecule has 0 unspecified atom stereocenters. The van der Waals surface area contributed by atoms with Crippen molar-refractivity contribution in [1.29, 1.82) is 0 Å². The molecule has 0 amide bonds. The molecule has 0 aliphatic carbocycles. The van der Waals surface area contributed by atoms with E-state index in [9.17, 15) is 0 Å². The number of rotatable bonds is 5. The van der Waals surface area contributed by atoms with Gasteiger partial charge < -0.3 is 5.32 Å². The number of nitrogens with one attached hydrogen (secondary N) is 1. The number of hydrogen-bond donors (Lipinski definition) is 1. The lowest BCUT2D eigenvalue weighted by molar-refractivity contribution is 0.719. The maximum atomic E-state index is 4.47. The highest BCUT2D eigenvalue weighted by Crippen LogP contribution is 2.14. The van der Waals surface area contributed by atoms with Gasteiger partial charge in [-0.2, -0.15) is 5.10 Å². The zero-order valence-electron chi connectivity index (χ0n) is 10.5. The van der Waals surface area contributed by atoms with E-state index in [1.807, 2.05) is 23.9 Å². The van der Waals surface area contributed by atoms with E-state index in [4.69, 9.17) is 0 Å². The van der Waals surface area contributed by atoms with Crippen LogP contribution in [0.3, 0.4) is 0 Å². The molecule has 6 heteroatoms. The van der Waals surface area contributed by atoms with E-state index in [0.717, 1.165) is 34.8 Å². The quantitative estimate of drug-likeness (QED) is 0.862. The molecule has 18 heavy (non-hydrogen) atoms. The van der Waals surface area contributed by atoms with Crippen molar-refractivity contribution < 1.29 is 0 Å². The molecule has 2 rings (SSSR count). The van der Waals surface area contributed by atoms with E-state index in [2.05, 4.69) is 43.2 Å². The Balaban J connectivity index is 2.07. The number of hydrogen-bond acceptors (Lipinski definition) is 4. The smallest absolute Gasteiger partial charge is 0.132 e. The van der Waals surface area contributed by atoms with Gasteiger partial charge in [0.1, 0.15) is 16.2 Å². The van der Waals surface area contributed by atoms with Gasteiger partial charge in [-0.25, -0.2) is 9.97 Å². The van der Waals surface area contributed by atoms with Gasteiger partial charge in [0.15, 0.2) is 0 Å². The summed E-state index contributed by atoms with van der Waals surface area (Å²) >= 11 is 3.41. The van der Waals surface area contributed by atoms with Crippen molar-refractivity contribution in [3.05, 3.63) is 34.5 Å². The Morgan fingerprint density at radius 1 is 1.39 bits per heavy atom. The molecular formula is C12H16BrN5. The van der Waals surface area contributed by atoms with Crippen LogP contribution < -0.4 is 5.32 Å². The molecule has 2 aromatic heterocycles. The summed E-state index contributed by atoms with van der Waals surface area (Å²) in [5.41, 5.74) is 1.11. The first-order valence-electron chi connectivity index (χ1n) is 5.93. The maximum Gasteiger partial charge on any atom is 0.132 e. The zero-order valence-corrected chi connectivity index (χ0v) is 12.1. The van der Waals surface area contributed by atoms with E-state index < -0.39 is 0 Å². The first-order chi connectivity index (χ1) is 8.69. The van der Waals surface area contributed by atoms with Gasteiger partial charge in [0.25, 0.3) is 0 Å². The Morgan fingerprint density at radius 3 is 2.89 bits per heavy atom. The van der Waals surface area contributed by atoms with E-state index in [0.29, 0.717) is 6.54 Å². The minimum Gasteiger partial charge on any atom is -0.364 e. The summed E-state index contributed by atoms with van der Waals surface area (Å²) in [6.45, 7) is 2.82. The lowest BCUT2D eigenvalue weighted by atomic mass is 10.3. The third-order valence-electron chi connectivity index (χ3n) is 2.59. The second-order valence-corrected chi connectivity index (χ2v) is 4.85. The molecule has 0 spiro atoms. The molecule has 2 aromatic rings. The highest BCUT2D eigenvalue weighted by Gasteiger charge is 2.03. The number of halogens is 1. The first kappa shape index (κ1) is 13.0. The fraction of sp³-hybridized carbons (Fsp3) is 0.417. The summed E-state index contributed by atoms with van der Waals surface area (Å²) < 4.78 is 2.66. The lowest BCUT2D eigenvalue weighted by Gasteiger charge is -2.08. The SMILES string of the molecule is CCCc1nc(Br)cc(NCc2ccnn2C)n1. The Bertz CT molecular complexity index is 523. The normalized spacial score (nSPS) is 10.6. The third-order valence-corrected chi connectivity index (χ3v) is 2.99. The molecule has 5 nitrogen and oxygen atoms in total. The van der Waals surface area contributed by atoms with E-state index in [1.54, 1.807) is 6.20 Å². The second kappa shape index (κ2) is 5.95. The van der Waals surface area contributed by atoms with Crippen molar-refractivity contribution in [2.75, 3.05) is 5.32 Å². The Hall–Kier alpha value is -1.43. The summed E-state index contributed by atoms with van der Waals surface area (Å²) in [6, 6.07) is 3.87. The van der Waals surface area contributed by atoms with Crippen LogP contribution in [-0.4, -0.2) is 19.7 Å². The summed E-state index contributed by atoms with van der Waals surface area (Å²) in [4.78, 5) is 8.80. The molecule has 0 aliphatic rings. The van der Waals surface area contributed by atoms with Gasteiger partial charge in [0.05, 0.1) is 12.2 Å². The van der Waals surface area contributed by atoms with Crippen molar-refractivity contribution in [3.63, 3.8) is 0 Å². The molecule has 0 saturated carbocycles. The molecule has 0 bridgehead atoms. The Kier molecular flexibility index (Phi) is 4.30. The Morgan fingerprint density at radius 2 is 2.22 bits per heavy atom. The van der Waals surface area contributed by atoms with Crippen molar-refractivity contribution >= 4 is 21.7 Å². The van der Waals surface area contributed by atoms with Gasteiger partial charge in [0.2, 0.25) is 0 Å². The average Bonchev–Trinajstić information content (AvgIpc) is 2.72. The van der Waals surface area contributed by atoms with Gasteiger partial charge >= 0.3 is 0 Å². The summed E-state index contributed by atoms with van der Waals surface area (Å²) in [6.07, 6.45) is 3.72. The highest BCUT2D eigenvalue weighted by molar-refractivity contribution is 9.10. The molecule has 0 atom stereocenters. The van der Waals surface area contributed by atoms with Crippen molar-refractivity contribution in [3.8, 4) is 0 Å². The van der Waals surface area contributed by atoms with Gasteiger partial charge in [-0.15, -0.1) is 0 Å². The lowest BCUT2D eigenvalue weighted by Crippen LogP contribution is -2.08. The third kappa shape index (κ3) is 3.29. The summed E-state index contributed by atoms with van der Waals surface area (Å²) in [5.74, 6) is 1.70. The summed E-state index contributed by atoms with van der Waals surface area (Å²) in [7, 11) is 1.93. The standard InChI is InChI=1S/C12H16BrN5/c1-3-4-11-16-10(13)7-12(17-11)14-8-9-5-6-15-18(9)2/h5-7H,3-4,8H2,1-2H3,(H,14,16,17). The van der Waals surface area contributed by atoms with Crippen LogP contribution >= 0.6 is 15.9 Å². The van der Waals surface area contributed by atoms with Crippen LogP contribution in [0.15, 0.2) is 22.9 Å². The van der Waals surface area contributed by atoms with Crippen LogP contribution in [0, 0.1) is 0 Å². The molecule has 0 aromatic carbocycles. The molecule has 96 valence electrons. The van der Waals surface area contributed by atoms with Crippen LogP contribution in [0.2, 0.25) is 0 Å². The number of aryl methyl sites for hydroxylation is 2. The first-order valence-corrected chi connectivity index (χ1v) is 6.72. The topological polar surface area (TPSA) is 55.6 Å². The van der Waals surface area contributed by atoms with Gasteiger partial charge in [-0.05, 0) is 28.4 Å². The van der Waals surface area contributed by atoms with Crippen molar-refractivity contribution in [1.82, 2.24) is 19.7 Å². The van der Waals surface area contributed by atoms with E-state index in [-0.39, 0.29) is 0 Å². The van der Waals surface area contributed by atoms with Crippen molar-refractivity contribution in [2.24, 2.45) is 7.05 Å². The fourth-order valence-electron chi connectivity index (χ4n) is 1.65. The molecule has 1 N–H and O–H groups in total. The number of anilines is 1. The molecule has 0 radical (unpaired) electrons. The minimum absolute atomic E-state index is 0.700. The molecular weight excluding hydrogens is 294 g/mol. The molecule has 0 aliphatic heterocycles. The Labute approximate surface area is 115 Å². The predicted octanol–water partition coefficient (Wildman–Crippen LogP) is 2.54. The summed E-state index contributed by atoms with van der Waals surface area (Å²) in [5, 5.41) is 7.41. The molecule has 2 heterocycles. The van der Waals surface area contributed by atoms with Crippen LogP contribution in [-0.2, 0) is 20.0 Å². The van der Waals surface area contributed by atoms with Crippen molar-refractivity contribution in [2.45, 2.75) is 26.3 Å². The van der Waals surface area contributed by atoms with Crippen LogP contribution in [0.25, 0.3) is 0 Å². The van der Waals surface area contributed by atoms with Gasteiger partial charge in [0, 0.05) is 25.7 Å². The monoisotopic (exact) mass is 309 g/mol. The second-order valence-electron chi connectivity index (χ2n) is 4.04. The van der Waals surface area contributed by atoms with E-state index in [1.165, 1.54) is 0 Å². The van der Waals surface area contributed by atoms with Crippen LogP contribution in [0.1, 0.15) is 24.9 Å². The maximum absolute atomic E-state index is 4.47. The van der Waals surface area contributed by atoms with Crippen LogP contribution in [0.5, 0.6) is 0 Å². The van der Waals surface area contributed by atoms with Gasteiger partial charge in [-0.3, -0.25) is 4.68 Å². The number of nitrogens with zero attached hydrogens (tertiary/aromatic N) is 4. The van der Waals surface area contributed by atoms with E-state index >= 15 is 0 Å². The average molecular weight is 310 g/mol.